The third kappa shape index (κ3) is 5.45. The lowest BCUT2D eigenvalue weighted by atomic mass is 10.2. The van der Waals surface area contributed by atoms with Crippen molar-refractivity contribution in [1.29, 1.82) is 0 Å². The fourth-order valence-electron chi connectivity index (χ4n) is 2.27. The zero-order valence-electron chi connectivity index (χ0n) is 14.4. The lowest BCUT2D eigenvalue weighted by Crippen LogP contribution is -2.26. The maximum absolute atomic E-state index is 12.2. The molecular weight excluding hydrogens is 427 g/mol. The molecule has 2 N–H and O–H groups in total. The molecule has 0 bridgehead atoms. The first-order chi connectivity index (χ1) is 13.2. The number of anilines is 1. The Kier molecular flexibility index (Phi) is 6.24. The van der Waals surface area contributed by atoms with Crippen molar-refractivity contribution in [3.05, 3.63) is 58.1 Å². The first kappa shape index (κ1) is 20.6. The Morgan fingerprint density at radius 3 is 2.57 bits per heavy atom. The topological polar surface area (TPSA) is 102 Å². The zero-order chi connectivity index (χ0) is 20.3. The fraction of sp³-hybridized carbons (Fsp3) is 0.222. The molecule has 148 valence electrons. The number of sulfonamides is 1. The van der Waals surface area contributed by atoms with Gasteiger partial charge < -0.3 is 10.1 Å². The molecule has 0 aromatic heterocycles. The highest BCUT2D eigenvalue weighted by Gasteiger charge is 2.28. The number of halogens is 2. The highest BCUT2D eigenvalue weighted by molar-refractivity contribution is 7.89. The quantitative estimate of drug-likeness (QED) is 0.640. The highest BCUT2D eigenvalue weighted by Crippen LogP contribution is 2.25. The second-order valence-corrected chi connectivity index (χ2v) is 8.73. The summed E-state index contributed by atoms with van der Waals surface area (Å²) in [5, 5.41) is 3.15. The molecule has 0 atom stereocenters. The van der Waals surface area contributed by atoms with Crippen molar-refractivity contribution in [2.24, 2.45) is 0 Å². The third-order valence-electron chi connectivity index (χ3n) is 3.82. The molecule has 0 heterocycles. The summed E-state index contributed by atoms with van der Waals surface area (Å²) < 4.78 is 32.0. The molecular formula is C18H16Cl2N2O5S. The van der Waals surface area contributed by atoms with Gasteiger partial charge >= 0.3 is 5.97 Å². The molecule has 3 rings (SSSR count). The predicted octanol–water partition coefficient (Wildman–Crippen LogP) is 3.23. The van der Waals surface area contributed by atoms with Crippen LogP contribution in [0, 0.1) is 0 Å². The zero-order valence-corrected chi connectivity index (χ0v) is 16.8. The average molecular weight is 443 g/mol. The van der Waals surface area contributed by atoms with E-state index in [1.807, 2.05) is 0 Å². The second-order valence-electron chi connectivity index (χ2n) is 6.17. The van der Waals surface area contributed by atoms with Gasteiger partial charge in [0, 0.05) is 11.1 Å². The lowest BCUT2D eigenvalue weighted by Gasteiger charge is -2.09. The minimum absolute atomic E-state index is 0.0206. The van der Waals surface area contributed by atoms with Crippen LogP contribution < -0.4 is 10.0 Å². The standard InChI is InChI=1S/C18H16Cl2N2O5S/c19-12-4-7-15(20)16(9-12)21-17(23)10-27-18(24)11-2-1-3-14(8-11)28(25,26)22-13-5-6-13/h1-4,7-9,13,22H,5-6,10H2,(H,21,23). The number of hydrogen-bond donors (Lipinski definition) is 2. The predicted molar refractivity (Wildman–Crippen MR) is 105 cm³/mol. The number of ether oxygens (including phenoxy) is 1. The van der Waals surface area contributed by atoms with Crippen molar-refractivity contribution in [1.82, 2.24) is 4.72 Å². The van der Waals surface area contributed by atoms with Gasteiger partial charge in [-0.3, -0.25) is 4.79 Å². The summed E-state index contributed by atoms with van der Waals surface area (Å²) >= 11 is 11.8. The largest absolute Gasteiger partial charge is 0.452 e. The Labute approximate surface area is 172 Å². The molecule has 0 spiro atoms. The van der Waals surface area contributed by atoms with Gasteiger partial charge in [0.1, 0.15) is 0 Å². The van der Waals surface area contributed by atoms with Crippen LogP contribution in [-0.2, 0) is 19.6 Å². The van der Waals surface area contributed by atoms with Crippen molar-refractivity contribution in [3.8, 4) is 0 Å². The number of rotatable bonds is 7. The van der Waals surface area contributed by atoms with Crippen molar-refractivity contribution in [3.63, 3.8) is 0 Å². The number of esters is 1. The molecule has 1 aliphatic rings. The summed E-state index contributed by atoms with van der Waals surface area (Å²) in [6, 6.07) is 9.93. The van der Waals surface area contributed by atoms with Gasteiger partial charge in [-0.05, 0) is 49.2 Å². The first-order valence-electron chi connectivity index (χ1n) is 8.29. The highest BCUT2D eigenvalue weighted by atomic mass is 35.5. The van der Waals surface area contributed by atoms with E-state index in [4.69, 9.17) is 27.9 Å². The first-order valence-corrected chi connectivity index (χ1v) is 10.5. The molecule has 7 nitrogen and oxygen atoms in total. The third-order valence-corrected chi connectivity index (χ3v) is 5.90. The van der Waals surface area contributed by atoms with Crippen LogP contribution in [0.2, 0.25) is 10.0 Å². The van der Waals surface area contributed by atoms with Crippen LogP contribution in [0.25, 0.3) is 0 Å². The summed E-state index contributed by atoms with van der Waals surface area (Å²) in [5.74, 6) is -1.44. The number of benzene rings is 2. The van der Waals surface area contributed by atoms with Crippen LogP contribution >= 0.6 is 23.2 Å². The SMILES string of the molecule is O=C(COC(=O)c1cccc(S(=O)(=O)NC2CC2)c1)Nc1cc(Cl)ccc1Cl. The monoisotopic (exact) mass is 442 g/mol. The van der Waals surface area contributed by atoms with Crippen molar-refractivity contribution < 1.29 is 22.7 Å². The van der Waals surface area contributed by atoms with E-state index >= 15 is 0 Å². The molecule has 1 fully saturated rings. The van der Waals surface area contributed by atoms with Crippen LogP contribution in [0.3, 0.4) is 0 Å². The van der Waals surface area contributed by atoms with Crippen molar-refractivity contribution in [2.45, 2.75) is 23.8 Å². The summed E-state index contributed by atoms with van der Waals surface area (Å²) in [6.07, 6.45) is 1.60. The van der Waals surface area contributed by atoms with E-state index < -0.39 is 28.5 Å². The number of amides is 1. The molecule has 0 unspecified atom stereocenters. The molecule has 0 aliphatic heterocycles. The number of carbonyl (C=O) groups excluding carboxylic acids is 2. The van der Waals surface area contributed by atoms with Crippen LogP contribution in [0.15, 0.2) is 47.4 Å². The normalized spacial score (nSPS) is 13.8. The van der Waals surface area contributed by atoms with E-state index in [1.54, 1.807) is 6.07 Å². The maximum Gasteiger partial charge on any atom is 0.338 e. The van der Waals surface area contributed by atoms with Gasteiger partial charge in [0.05, 0.1) is 21.2 Å². The molecule has 0 saturated heterocycles. The summed E-state index contributed by atoms with van der Waals surface area (Å²) in [4.78, 5) is 24.1. The Morgan fingerprint density at radius 2 is 1.86 bits per heavy atom. The van der Waals surface area contributed by atoms with Gasteiger partial charge in [-0.15, -0.1) is 0 Å². The second kappa shape index (κ2) is 8.48. The number of hydrogen-bond acceptors (Lipinski definition) is 5. The smallest absolute Gasteiger partial charge is 0.338 e. The van der Waals surface area contributed by atoms with Gasteiger partial charge in [0.15, 0.2) is 6.61 Å². The van der Waals surface area contributed by atoms with E-state index in [-0.39, 0.29) is 27.2 Å². The molecule has 0 radical (unpaired) electrons. The number of carbonyl (C=O) groups is 2. The van der Waals surface area contributed by atoms with E-state index in [9.17, 15) is 18.0 Å². The Morgan fingerprint density at radius 1 is 1.11 bits per heavy atom. The molecule has 28 heavy (non-hydrogen) atoms. The van der Waals surface area contributed by atoms with E-state index in [0.717, 1.165) is 12.8 Å². The number of nitrogens with one attached hydrogen (secondary N) is 2. The van der Waals surface area contributed by atoms with E-state index in [1.165, 1.54) is 36.4 Å². The molecule has 2 aromatic carbocycles. The fourth-order valence-corrected chi connectivity index (χ4v) is 3.96. The van der Waals surface area contributed by atoms with Gasteiger partial charge in [0.2, 0.25) is 10.0 Å². The van der Waals surface area contributed by atoms with Crippen LogP contribution in [-0.4, -0.2) is 32.9 Å². The minimum atomic E-state index is -3.70. The minimum Gasteiger partial charge on any atom is -0.452 e. The Balaban J connectivity index is 1.61. The van der Waals surface area contributed by atoms with Crippen LogP contribution in [0.1, 0.15) is 23.2 Å². The summed E-state index contributed by atoms with van der Waals surface area (Å²) in [7, 11) is -3.70. The van der Waals surface area contributed by atoms with E-state index in [0.29, 0.717) is 5.02 Å². The van der Waals surface area contributed by atoms with Crippen LogP contribution in [0.4, 0.5) is 5.69 Å². The summed E-state index contributed by atoms with van der Waals surface area (Å²) in [5.41, 5.74) is 0.307. The average Bonchev–Trinajstić information content (AvgIpc) is 3.46. The molecule has 1 saturated carbocycles. The Bertz CT molecular complexity index is 1020. The lowest BCUT2D eigenvalue weighted by molar-refractivity contribution is -0.119. The van der Waals surface area contributed by atoms with E-state index in [2.05, 4.69) is 10.0 Å². The van der Waals surface area contributed by atoms with Crippen molar-refractivity contribution >= 4 is 50.8 Å². The van der Waals surface area contributed by atoms with Crippen LogP contribution in [0.5, 0.6) is 0 Å². The van der Waals surface area contributed by atoms with Crippen molar-refractivity contribution in [2.75, 3.05) is 11.9 Å². The van der Waals surface area contributed by atoms with Gasteiger partial charge in [0.25, 0.3) is 5.91 Å². The summed E-state index contributed by atoms with van der Waals surface area (Å²) in [6.45, 7) is -0.570. The van der Waals surface area contributed by atoms with Gasteiger partial charge in [-0.2, -0.15) is 0 Å². The van der Waals surface area contributed by atoms with Gasteiger partial charge in [-0.25, -0.2) is 17.9 Å². The molecule has 10 heteroatoms. The molecule has 1 amide bonds. The maximum atomic E-state index is 12.2. The molecule has 2 aromatic rings. The Hall–Kier alpha value is -2.13. The van der Waals surface area contributed by atoms with Gasteiger partial charge in [-0.1, -0.05) is 29.3 Å². The molecule has 1 aliphatic carbocycles.